The maximum atomic E-state index is 12.9. The van der Waals surface area contributed by atoms with Crippen molar-refractivity contribution in [2.45, 2.75) is 44.7 Å². The maximum Gasteiger partial charge on any atom is 0.224 e. The predicted molar refractivity (Wildman–Crippen MR) is 122 cm³/mol. The van der Waals surface area contributed by atoms with Gasteiger partial charge in [0.05, 0.1) is 17.1 Å². The van der Waals surface area contributed by atoms with Gasteiger partial charge in [0.1, 0.15) is 0 Å². The highest BCUT2D eigenvalue weighted by atomic mass is 16.2. The third kappa shape index (κ3) is 4.42. The number of rotatable bonds is 7. The van der Waals surface area contributed by atoms with Crippen molar-refractivity contribution in [2.75, 3.05) is 31.5 Å². The summed E-state index contributed by atoms with van der Waals surface area (Å²) < 4.78 is 0. The first-order valence-corrected chi connectivity index (χ1v) is 11.4. The highest BCUT2D eigenvalue weighted by Crippen LogP contribution is 2.33. The topological polar surface area (TPSA) is 77.2 Å². The molecule has 2 N–H and O–H groups in total. The largest absolute Gasteiger partial charge is 0.364 e. The van der Waals surface area contributed by atoms with E-state index < -0.39 is 0 Å². The molecule has 0 aliphatic carbocycles. The minimum atomic E-state index is 0.0690. The van der Waals surface area contributed by atoms with Crippen LogP contribution < -0.4 is 5.32 Å². The molecule has 0 spiro atoms. The van der Waals surface area contributed by atoms with E-state index in [0.717, 1.165) is 61.6 Å². The zero-order chi connectivity index (χ0) is 21.0. The maximum absolute atomic E-state index is 12.9. The molecule has 2 fully saturated rings. The first kappa shape index (κ1) is 20.0. The Morgan fingerprint density at radius 1 is 1.06 bits per heavy atom. The number of benzene rings is 1. The molecule has 0 unspecified atom stereocenters. The lowest BCUT2D eigenvalue weighted by Crippen LogP contribution is -2.34. The Bertz CT molecular complexity index is 1030. The summed E-state index contributed by atoms with van der Waals surface area (Å²) in [5.41, 5.74) is 2.93. The Balaban J connectivity index is 1.26. The van der Waals surface area contributed by atoms with E-state index in [4.69, 9.17) is 4.98 Å². The molecule has 2 aliphatic rings. The van der Waals surface area contributed by atoms with Crippen molar-refractivity contribution < 1.29 is 4.79 Å². The number of carbonyl (C=O) groups excluding carboxylic acids is 1. The zero-order valence-corrected chi connectivity index (χ0v) is 17.9. The second-order valence-corrected chi connectivity index (χ2v) is 8.59. The summed E-state index contributed by atoms with van der Waals surface area (Å²) >= 11 is 0. The molecule has 1 amide bonds. The Hall–Kier alpha value is -2.93. The second kappa shape index (κ2) is 9.06. The number of nitrogens with one attached hydrogen (secondary N) is 2. The highest BCUT2D eigenvalue weighted by Gasteiger charge is 2.31. The molecule has 2 aromatic heterocycles. The van der Waals surface area contributed by atoms with Crippen molar-refractivity contribution in [3.63, 3.8) is 0 Å². The van der Waals surface area contributed by atoms with Crippen LogP contribution in [0.5, 0.6) is 0 Å². The van der Waals surface area contributed by atoms with Gasteiger partial charge in [-0.3, -0.25) is 9.89 Å². The van der Waals surface area contributed by atoms with Gasteiger partial charge in [0.25, 0.3) is 0 Å². The molecule has 5 rings (SSSR count). The predicted octanol–water partition coefficient (Wildman–Crippen LogP) is 3.72. The third-order valence-corrected chi connectivity index (χ3v) is 6.50. The number of pyridine rings is 1. The quantitative estimate of drug-likeness (QED) is 0.612. The summed E-state index contributed by atoms with van der Waals surface area (Å²) in [6.45, 7) is 4.69. The van der Waals surface area contributed by atoms with Crippen molar-refractivity contribution in [1.29, 1.82) is 0 Å². The van der Waals surface area contributed by atoms with E-state index in [1.54, 1.807) is 0 Å². The molecule has 162 valence electrons. The van der Waals surface area contributed by atoms with Crippen molar-refractivity contribution in [1.82, 2.24) is 25.0 Å². The number of likely N-dealkylation sites (tertiary alicyclic amines) is 2. The van der Waals surface area contributed by atoms with Crippen molar-refractivity contribution in [3.8, 4) is 0 Å². The molecule has 7 heteroatoms. The van der Waals surface area contributed by atoms with Gasteiger partial charge in [-0.05, 0) is 56.5 Å². The van der Waals surface area contributed by atoms with Gasteiger partial charge in [-0.2, -0.15) is 5.10 Å². The van der Waals surface area contributed by atoms with Gasteiger partial charge in [-0.1, -0.05) is 30.3 Å². The normalized spacial score (nSPS) is 19.4. The zero-order valence-electron chi connectivity index (χ0n) is 17.9. The summed E-state index contributed by atoms with van der Waals surface area (Å²) in [7, 11) is 0. The number of aromatic amines is 1. The molecule has 1 aromatic carbocycles. The molecule has 2 aliphatic heterocycles. The van der Waals surface area contributed by atoms with E-state index in [0.29, 0.717) is 13.0 Å². The lowest BCUT2D eigenvalue weighted by molar-refractivity contribution is -0.132. The molecule has 3 aromatic rings. The molecule has 31 heavy (non-hydrogen) atoms. The number of nitrogens with zero attached hydrogens (tertiary/aromatic N) is 4. The van der Waals surface area contributed by atoms with E-state index in [9.17, 15) is 4.79 Å². The number of hydrogen-bond acceptors (Lipinski definition) is 5. The summed E-state index contributed by atoms with van der Waals surface area (Å²) in [5.74, 6) is 1.06. The first-order chi connectivity index (χ1) is 15.3. The average molecular weight is 419 g/mol. The van der Waals surface area contributed by atoms with Crippen LogP contribution in [0.4, 0.5) is 5.82 Å². The average Bonchev–Trinajstić information content (AvgIpc) is 3.57. The number of hydrogen-bond donors (Lipinski definition) is 2. The smallest absolute Gasteiger partial charge is 0.224 e. The van der Waals surface area contributed by atoms with Crippen LogP contribution in [0.15, 0.2) is 42.5 Å². The summed E-state index contributed by atoms with van der Waals surface area (Å²) in [4.78, 5) is 22.2. The molecule has 0 saturated carbocycles. The number of fused-ring (bicyclic) bond motifs is 1. The van der Waals surface area contributed by atoms with Gasteiger partial charge >= 0.3 is 0 Å². The molecule has 7 nitrogen and oxygen atoms in total. The molecule has 1 atom stereocenters. The fourth-order valence-electron chi connectivity index (χ4n) is 4.80. The van der Waals surface area contributed by atoms with Crippen LogP contribution in [0.3, 0.4) is 0 Å². The second-order valence-electron chi connectivity index (χ2n) is 8.59. The van der Waals surface area contributed by atoms with Crippen LogP contribution in [-0.2, 0) is 11.3 Å². The Morgan fingerprint density at radius 2 is 1.90 bits per heavy atom. The van der Waals surface area contributed by atoms with E-state index in [-0.39, 0.29) is 11.9 Å². The van der Waals surface area contributed by atoms with Gasteiger partial charge in [0.15, 0.2) is 11.5 Å². The molecule has 0 radical (unpaired) electrons. The first-order valence-electron chi connectivity index (χ1n) is 11.4. The third-order valence-electron chi connectivity index (χ3n) is 6.50. The molecule has 0 bridgehead atoms. The summed E-state index contributed by atoms with van der Waals surface area (Å²) in [6.07, 6.45) is 5.14. The summed E-state index contributed by atoms with van der Waals surface area (Å²) in [6, 6.07) is 14.5. The van der Waals surface area contributed by atoms with Gasteiger partial charge in [-0.25, -0.2) is 4.98 Å². The van der Waals surface area contributed by atoms with Crippen LogP contribution in [0, 0.1) is 0 Å². The van der Waals surface area contributed by atoms with Crippen LogP contribution in [0.25, 0.3) is 11.0 Å². The standard InChI is InChI=1S/C24H30N6O/c31-22(12-16-29-13-4-5-14-29)30-15-6-9-21(30)20-11-10-19-23(27-28-24(19)26-20)25-17-18-7-2-1-3-8-18/h1-3,7-8,10-11,21H,4-6,9,12-17H2,(H2,25,26,27,28)/t21-/m0/s1. The van der Waals surface area contributed by atoms with Gasteiger partial charge in [-0.15, -0.1) is 0 Å². The van der Waals surface area contributed by atoms with E-state index in [1.165, 1.54) is 18.4 Å². The number of carbonyl (C=O) groups is 1. The number of H-pyrrole nitrogens is 1. The lowest BCUT2D eigenvalue weighted by Gasteiger charge is -2.25. The van der Waals surface area contributed by atoms with E-state index in [1.807, 2.05) is 23.1 Å². The number of aromatic nitrogens is 3. The van der Waals surface area contributed by atoms with Crippen LogP contribution in [0.1, 0.15) is 49.4 Å². The van der Waals surface area contributed by atoms with Crippen LogP contribution in [0.2, 0.25) is 0 Å². The minimum Gasteiger partial charge on any atom is -0.364 e. The Morgan fingerprint density at radius 3 is 2.74 bits per heavy atom. The number of amides is 1. The van der Waals surface area contributed by atoms with Crippen molar-refractivity contribution >= 4 is 22.8 Å². The number of anilines is 1. The van der Waals surface area contributed by atoms with Crippen molar-refractivity contribution in [3.05, 3.63) is 53.7 Å². The minimum absolute atomic E-state index is 0.0690. The van der Waals surface area contributed by atoms with E-state index >= 15 is 0 Å². The highest BCUT2D eigenvalue weighted by molar-refractivity contribution is 5.87. The monoisotopic (exact) mass is 418 g/mol. The van der Waals surface area contributed by atoms with Gasteiger partial charge < -0.3 is 15.1 Å². The molecular formula is C24H30N6O. The molecule has 2 saturated heterocycles. The SMILES string of the molecule is O=C(CCN1CCCC1)N1CCC[C@H]1c1ccc2c(NCc3ccccc3)n[nH]c2n1. The van der Waals surface area contributed by atoms with Gasteiger partial charge in [0.2, 0.25) is 5.91 Å². The fraction of sp³-hybridized carbons (Fsp3) is 0.458. The fourth-order valence-corrected chi connectivity index (χ4v) is 4.80. The molecular weight excluding hydrogens is 388 g/mol. The Kier molecular flexibility index (Phi) is 5.84. The van der Waals surface area contributed by atoms with Crippen LogP contribution >= 0.6 is 0 Å². The lowest BCUT2D eigenvalue weighted by atomic mass is 10.1. The van der Waals surface area contributed by atoms with Crippen LogP contribution in [-0.4, -0.2) is 57.1 Å². The Labute approximate surface area is 182 Å². The van der Waals surface area contributed by atoms with Crippen molar-refractivity contribution in [2.24, 2.45) is 0 Å². The van der Waals surface area contributed by atoms with Gasteiger partial charge in [0, 0.05) is 26.1 Å². The summed E-state index contributed by atoms with van der Waals surface area (Å²) in [5, 5.41) is 11.9. The molecule has 4 heterocycles. The van der Waals surface area contributed by atoms with E-state index in [2.05, 4.69) is 44.7 Å².